The van der Waals surface area contributed by atoms with E-state index in [9.17, 15) is 4.79 Å². The molecule has 1 N–H and O–H groups in total. The van der Waals surface area contributed by atoms with Crippen LogP contribution in [0.5, 0.6) is 0 Å². The van der Waals surface area contributed by atoms with E-state index in [2.05, 4.69) is 5.10 Å². The largest absolute Gasteiger partial charge is 0.481 e. The van der Waals surface area contributed by atoms with Crippen LogP contribution in [-0.4, -0.2) is 20.9 Å². The SMILES string of the molecule is Cc1cc(C)n(CCCC(C)(C)C(=O)O)n1. The Morgan fingerprint density at radius 1 is 1.50 bits per heavy atom. The molecule has 4 nitrogen and oxygen atoms in total. The average molecular weight is 224 g/mol. The highest BCUT2D eigenvalue weighted by molar-refractivity contribution is 5.73. The predicted octanol–water partition coefficient (Wildman–Crippen LogP) is 2.39. The van der Waals surface area contributed by atoms with Crippen molar-refractivity contribution in [2.45, 2.75) is 47.1 Å². The fourth-order valence-corrected chi connectivity index (χ4v) is 1.68. The van der Waals surface area contributed by atoms with Crippen LogP contribution in [0.1, 0.15) is 38.1 Å². The molecule has 1 aromatic heterocycles. The van der Waals surface area contributed by atoms with E-state index in [-0.39, 0.29) is 0 Å². The van der Waals surface area contributed by atoms with Gasteiger partial charge >= 0.3 is 5.97 Å². The molecule has 0 aromatic carbocycles. The minimum absolute atomic E-state index is 0.643. The highest BCUT2D eigenvalue weighted by Crippen LogP contribution is 2.22. The smallest absolute Gasteiger partial charge is 0.309 e. The van der Waals surface area contributed by atoms with Gasteiger partial charge in [-0.1, -0.05) is 0 Å². The summed E-state index contributed by atoms with van der Waals surface area (Å²) in [6.07, 6.45) is 1.50. The average Bonchev–Trinajstić information content (AvgIpc) is 2.44. The molecule has 90 valence electrons. The van der Waals surface area contributed by atoms with E-state index >= 15 is 0 Å². The summed E-state index contributed by atoms with van der Waals surface area (Å²) in [6, 6.07) is 2.03. The van der Waals surface area contributed by atoms with E-state index in [1.165, 1.54) is 0 Å². The second-order valence-electron chi connectivity index (χ2n) is 4.94. The number of carbonyl (C=O) groups is 1. The fraction of sp³-hybridized carbons (Fsp3) is 0.667. The second-order valence-corrected chi connectivity index (χ2v) is 4.94. The van der Waals surface area contributed by atoms with Crippen molar-refractivity contribution in [2.24, 2.45) is 5.41 Å². The second kappa shape index (κ2) is 4.68. The molecule has 0 bridgehead atoms. The van der Waals surface area contributed by atoms with Gasteiger partial charge in [0.05, 0.1) is 11.1 Å². The predicted molar refractivity (Wildman–Crippen MR) is 62.4 cm³/mol. The Kier molecular flexibility index (Phi) is 3.73. The molecular formula is C12H20N2O2. The topological polar surface area (TPSA) is 55.1 Å². The number of aliphatic carboxylic acids is 1. The van der Waals surface area contributed by atoms with Gasteiger partial charge in [0.25, 0.3) is 0 Å². The maximum absolute atomic E-state index is 10.9. The van der Waals surface area contributed by atoms with Crippen molar-refractivity contribution in [3.05, 3.63) is 17.5 Å². The van der Waals surface area contributed by atoms with Gasteiger partial charge in [-0.15, -0.1) is 0 Å². The number of aromatic nitrogens is 2. The zero-order valence-electron chi connectivity index (χ0n) is 10.4. The highest BCUT2D eigenvalue weighted by atomic mass is 16.4. The van der Waals surface area contributed by atoms with Gasteiger partial charge < -0.3 is 5.11 Å². The molecule has 0 aliphatic carbocycles. The van der Waals surface area contributed by atoms with E-state index in [4.69, 9.17) is 5.11 Å². The summed E-state index contributed by atoms with van der Waals surface area (Å²) in [5.74, 6) is -0.735. The summed E-state index contributed by atoms with van der Waals surface area (Å²) in [5, 5.41) is 13.3. The van der Waals surface area contributed by atoms with Gasteiger partial charge in [-0.2, -0.15) is 5.10 Å². The molecule has 4 heteroatoms. The molecule has 0 unspecified atom stereocenters. The van der Waals surface area contributed by atoms with Gasteiger partial charge in [-0.25, -0.2) is 0 Å². The lowest BCUT2D eigenvalue weighted by molar-refractivity contribution is -0.147. The first kappa shape index (κ1) is 12.7. The number of carboxylic acids is 1. The van der Waals surface area contributed by atoms with Crippen molar-refractivity contribution < 1.29 is 9.90 Å². The lowest BCUT2D eigenvalue weighted by Gasteiger charge is -2.18. The number of rotatable bonds is 5. The molecule has 1 aromatic rings. The van der Waals surface area contributed by atoms with Crippen LogP contribution < -0.4 is 0 Å². The number of hydrogen-bond acceptors (Lipinski definition) is 2. The van der Waals surface area contributed by atoms with Gasteiger partial charge in [-0.3, -0.25) is 9.48 Å². The Balaban J connectivity index is 2.48. The highest BCUT2D eigenvalue weighted by Gasteiger charge is 2.26. The van der Waals surface area contributed by atoms with Crippen LogP contribution in [0.2, 0.25) is 0 Å². The van der Waals surface area contributed by atoms with E-state index in [1.807, 2.05) is 24.6 Å². The van der Waals surface area contributed by atoms with Gasteiger partial charge in [0.1, 0.15) is 0 Å². The number of carboxylic acid groups (broad SMARTS) is 1. The fourth-order valence-electron chi connectivity index (χ4n) is 1.68. The molecule has 1 rings (SSSR count). The Morgan fingerprint density at radius 2 is 2.12 bits per heavy atom. The van der Waals surface area contributed by atoms with Crippen LogP contribution >= 0.6 is 0 Å². The van der Waals surface area contributed by atoms with Gasteiger partial charge in [0.2, 0.25) is 0 Å². The summed E-state index contributed by atoms with van der Waals surface area (Å²) < 4.78 is 1.94. The van der Waals surface area contributed by atoms with Crippen molar-refractivity contribution >= 4 is 5.97 Å². The molecule has 0 aliphatic heterocycles. The quantitative estimate of drug-likeness (QED) is 0.835. The lowest BCUT2D eigenvalue weighted by Crippen LogP contribution is -2.24. The minimum atomic E-state index is -0.735. The molecule has 0 saturated carbocycles. The maximum Gasteiger partial charge on any atom is 0.309 e. The Morgan fingerprint density at radius 3 is 2.56 bits per heavy atom. The summed E-state index contributed by atoms with van der Waals surface area (Å²) in [7, 11) is 0. The molecule has 0 atom stereocenters. The molecule has 1 heterocycles. The maximum atomic E-state index is 10.9. The van der Waals surface area contributed by atoms with E-state index in [0.717, 1.165) is 24.4 Å². The van der Waals surface area contributed by atoms with Crippen LogP contribution in [0.25, 0.3) is 0 Å². The number of nitrogens with zero attached hydrogens (tertiary/aromatic N) is 2. The Labute approximate surface area is 96.3 Å². The van der Waals surface area contributed by atoms with Crippen LogP contribution in [0.15, 0.2) is 6.07 Å². The van der Waals surface area contributed by atoms with Crippen LogP contribution in [0.4, 0.5) is 0 Å². The Bertz CT molecular complexity index is 380. The summed E-state index contributed by atoms with van der Waals surface area (Å²) >= 11 is 0. The van der Waals surface area contributed by atoms with Crippen molar-refractivity contribution in [1.82, 2.24) is 9.78 Å². The number of hydrogen-bond donors (Lipinski definition) is 1. The van der Waals surface area contributed by atoms with Gasteiger partial charge in [-0.05, 0) is 46.6 Å². The monoisotopic (exact) mass is 224 g/mol. The first-order valence-electron chi connectivity index (χ1n) is 5.57. The third-order valence-corrected chi connectivity index (χ3v) is 2.85. The zero-order valence-corrected chi connectivity index (χ0v) is 10.4. The van der Waals surface area contributed by atoms with Gasteiger partial charge in [0, 0.05) is 12.2 Å². The van der Waals surface area contributed by atoms with Crippen molar-refractivity contribution in [2.75, 3.05) is 0 Å². The Hall–Kier alpha value is -1.32. The van der Waals surface area contributed by atoms with Crippen LogP contribution in [-0.2, 0) is 11.3 Å². The molecular weight excluding hydrogens is 204 g/mol. The van der Waals surface area contributed by atoms with Crippen LogP contribution in [0.3, 0.4) is 0 Å². The summed E-state index contributed by atoms with van der Waals surface area (Å²) in [6.45, 7) is 8.29. The van der Waals surface area contributed by atoms with E-state index in [0.29, 0.717) is 6.42 Å². The summed E-state index contributed by atoms with van der Waals surface area (Å²) in [5.41, 5.74) is 1.50. The van der Waals surface area contributed by atoms with Crippen LogP contribution in [0, 0.1) is 19.3 Å². The van der Waals surface area contributed by atoms with Crippen molar-refractivity contribution in [1.29, 1.82) is 0 Å². The summed E-state index contributed by atoms with van der Waals surface area (Å²) in [4.78, 5) is 10.9. The molecule has 0 spiro atoms. The molecule has 0 aliphatic rings. The van der Waals surface area contributed by atoms with Crippen molar-refractivity contribution in [3.8, 4) is 0 Å². The van der Waals surface area contributed by atoms with Crippen molar-refractivity contribution in [3.63, 3.8) is 0 Å². The number of aryl methyl sites for hydroxylation is 3. The molecule has 0 amide bonds. The molecule has 0 radical (unpaired) electrons. The zero-order chi connectivity index (χ0) is 12.3. The first-order valence-corrected chi connectivity index (χ1v) is 5.57. The standard InChI is InChI=1S/C12H20N2O2/c1-9-8-10(2)14(13-9)7-5-6-12(3,4)11(15)16/h8H,5-7H2,1-4H3,(H,15,16). The minimum Gasteiger partial charge on any atom is -0.481 e. The van der Waals surface area contributed by atoms with Gasteiger partial charge in [0.15, 0.2) is 0 Å². The molecule has 0 fully saturated rings. The third kappa shape index (κ3) is 3.08. The van der Waals surface area contributed by atoms with E-state index in [1.54, 1.807) is 13.8 Å². The third-order valence-electron chi connectivity index (χ3n) is 2.85. The molecule has 0 saturated heterocycles. The first-order chi connectivity index (χ1) is 7.33. The molecule has 16 heavy (non-hydrogen) atoms. The lowest BCUT2D eigenvalue weighted by atomic mass is 9.88. The normalized spacial score (nSPS) is 11.8. The van der Waals surface area contributed by atoms with E-state index < -0.39 is 11.4 Å².